The van der Waals surface area contributed by atoms with Gasteiger partial charge in [0, 0.05) is 56.8 Å². The maximum Gasteiger partial charge on any atom is 0.419 e. The maximum absolute atomic E-state index is 14.1. The first kappa shape index (κ1) is 32.3. The van der Waals surface area contributed by atoms with E-state index >= 15 is 0 Å². The van der Waals surface area contributed by atoms with Crippen LogP contribution in [-0.4, -0.2) is 104 Å². The van der Waals surface area contributed by atoms with E-state index in [0.29, 0.717) is 63.9 Å². The van der Waals surface area contributed by atoms with E-state index in [1.165, 1.54) is 24.3 Å². The molecule has 3 aliphatic heterocycles. The summed E-state index contributed by atoms with van der Waals surface area (Å²) < 4.78 is 54.1. The van der Waals surface area contributed by atoms with Gasteiger partial charge in [0.1, 0.15) is 11.9 Å². The molecule has 0 bridgehead atoms. The van der Waals surface area contributed by atoms with Gasteiger partial charge in [-0.2, -0.15) is 23.1 Å². The number of morpholine rings is 1. The molecule has 0 spiro atoms. The first-order chi connectivity index (χ1) is 22.1. The van der Waals surface area contributed by atoms with Crippen LogP contribution in [0.15, 0.2) is 30.9 Å². The zero-order valence-electron chi connectivity index (χ0n) is 25.6. The van der Waals surface area contributed by atoms with E-state index < -0.39 is 11.7 Å². The molecule has 46 heavy (non-hydrogen) atoms. The maximum atomic E-state index is 14.1. The third kappa shape index (κ3) is 6.89. The molecule has 0 N–H and O–H groups in total. The number of benzene rings is 1. The Kier molecular flexibility index (Phi) is 9.32. The van der Waals surface area contributed by atoms with Crippen molar-refractivity contribution in [2.75, 3.05) is 82.0 Å². The lowest BCUT2D eigenvalue weighted by molar-refractivity contribution is -0.137. The van der Waals surface area contributed by atoms with Crippen LogP contribution in [-0.2, 0) is 28.7 Å². The summed E-state index contributed by atoms with van der Waals surface area (Å²) >= 11 is 6.06. The second kappa shape index (κ2) is 13.3. The van der Waals surface area contributed by atoms with Gasteiger partial charge < -0.3 is 29.0 Å². The van der Waals surface area contributed by atoms with Crippen LogP contribution in [0.3, 0.4) is 0 Å². The van der Waals surface area contributed by atoms with E-state index in [0.717, 1.165) is 38.0 Å². The van der Waals surface area contributed by atoms with Gasteiger partial charge in [-0.15, -0.1) is 0 Å². The third-order valence-corrected chi connectivity index (χ3v) is 9.62. The molecule has 14 heteroatoms. The molecule has 6 rings (SSSR count). The zero-order chi connectivity index (χ0) is 32.5. The highest BCUT2D eigenvalue weighted by Gasteiger charge is 2.45. The quantitative estimate of drug-likeness (QED) is 0.291. The van der Waals surface area contributed by atoms with Crippen molar-refractivity contribution in [2.45, 2.75) is 38.0 Å². The molecular formula is C32H37ClF3N7O3. The second-order valence-electron chi connectivity index (χ2n) is 12.4. The minimum absolute atomic E-state index is 0.00258. The van der Waals surface area contributed by atoms with Gasteiger partial charge in [0.25, 0.3) is 0 Å². The molecule has 1 unspecified atom stereocenters. The Labute approximate surface area is 271 Å². The number of amides is 1. The van der Waals surface area contributed by atoms with Gasteiger partial charge in [0.2, 0.25) is 12.5 Å². The highest BCUT2D eigenvalue weighted by Crippen LogP contribution is 2.47. The van der Waals surface area contributed by atoms with Gasteiger partial charge in [-0.25, -0.2) is 6.57 Å². The summed E-state index contributed by atoms with van der Waals surface area (Å²) in [5.74, 6) is 0.412. The van der Waals surface area contributed by atoms with Crippen molar-refractivity contribution < 1.29 is 27.4 Å². The van der Waals surface area contributed by atoms with Crippen LogP contribution in [0.5, 0.6) is 6.01 Å². The van der Waals surface area contributed by atoms with E-state index in [-0.39, 0.29) is 47.2 Å². The number of hydrogen-bond acceptors (Lipinski definition) is 8. The number of aromatic nitrogens is 2. The normalized spacial score (nSPS) is 21.4. The van der Waals surface area contributed by atoms with Crippen LogP contribution in [0.2, 0.25) is 5.02 Å². The van der Waals surface area contributed by atoms with Crippen molar-refractivity contribution in [1.29, 1.82) is 0 Å². The molecular weight excluding hydrogens is 623 g/mol. The summed E-state index contributed by atoms with van der Waals surface area (Å²) in [5.41, 5.74) is 0.559. The van der Waals surface area contributed by atoms with Crippen LogP contribution >= 0.6 is 11.6 Å². The lowest BCUT2D eigenvalue weighted by atomic mass is 10.0. The number of hydrogen-bond donors (Lipinski definition) is 0. The highest BCUT2D eigenvalue weighted by molar-refractivity contribution is 6.31. The van der Waals surface area contributed by atoms with Gasteiger partial charge >= 0.3 is 12.2 Å². The topological polar surface area (TPSA) is 78.6 Å². The molecule has 4 heterocycles. The summed E-state index contributed by atoms with van der Waals surface area (Å²) in [6, 6.07) is 4.02. The van der Waals surface area contributed by atoms with E-state index in [2.05, 4.69) is 16.3 Å². The van der Waals surface area contributed by atoms with E-state index in [4.69, 9.17) is 37.6 Å². The monoisotopic (exact) mass is 659 g/mol. The fraction of sp³-hybridized carbons (Fsp3) is 0.562. The molecule has 10 nitrogen and oxygen atoms in total. The number of halogens is 4. The Morgan fingerprint density at radius 1 is 1.17 bits per heavy atom. The summed E-state index contributed by atoms with van der Waals surface area (Å²) in [5, 5.41) is -0.351. The van der Waals surface area contributed by atoms with Crippen molar-refractivity contribution in [3.63, 3.8) is 0 Å². The number of rotatable bonds is 9. The number of alkyl halides is 3. The summed E-state index contributed by atoms with van der Waals surface area (Å²) in [7, 11) is 0. The Hall–Kier alpha value is -3.60. The average molecular weight is 660 g/mol. The fourth-order valence-electron chi connectivity index (χ4n) is 6.67. The number of piperazine rings is 1. The third-order valence-electron chi connectivity index (χ3n) is 9.31. The largest absolute Gasteiger partial charge is 0.463 e. The molecule has 3 fully saturated rings. The SMILES string of the molecule is [C-]#[N+]CC1CN(c2nc(OCC3(CN4CCOCC4)CC3)nc3c2CCN(c2cccc(Cl)c2C(F)(F)F)C3)CCN1C(=O)C=C. The fourth-order valence-corrected chi connectivity index (χ4v) is 6.95. The number of anilines is 2. The minimum atomic E-state index is -4.63. The van der Waals surface area contributed by atoms with Crippen LogP contribution in [0, 0.1) is 12.0 Å². The van der Waals surface area contributed by atoms with Crippen LogP contribution in [0.4, 0.5) is 24.7 Å². The van der Waals surface area contributed by atoms with E-state index in [9.17, 15) is 18.0 Å². The number of carbonyl (C=O) groups is 1. The Balaban J connectivity index is 1.30. The minimum Gasteiger partial charge on any atom is -0.463 e. The van der Waals surface area contributed by atoms with Crippen molar-refractivity contribution in [3.05, 3.63) is 64.1 Å². The summed E-state index contributed by atoms with van der Waals surface area (Å²) in [4.78, 5) is 33.5. The van der Waals surface area contributed by atoms with Crippen LogP contribution in [0.25, 0.3) is 4.85 Å². The molecule has 1 atom stereocenters. The molecule has 1 aliphatic carbocycles. The standard InChI is InChI=1S/C32H37ClF3N7O3/c1-3-27(44)43-12-11-42(18-22(43)17-37-2)29-23-7-10-41(26-6-4-5-24(33)28(26)32(34,35)36)19-25(23)38-30(39-29)46-21-31(8-9-31)20-40-13-15-45-16-14-40/h3-6,22H,1,7-21H2. The first-order valence-electron chi connectivity index (χ1n) is 15.6. The number of ether oxygens (including phenoxy) is 2. The highest BCUT2D eigenvalue weighted by atomic mass is 35.5. The van der Waals surface area contributed by atoms with Crippen LogP contribution in [0.1, 0.15) is 29.7 Å². The van der Waals surface area contributed by atoms with Crippen molar-refractivity contribution in [1.82, 2.24) is 19.8 Å². The molecule has 1 aromatic carbocycles. The number of nitrogens with zero attached hydrogens (tertiary/aromatic N) is 7. The van der Waals surface area contributed by atoms with Gasteiger partial charge in [-0.1, -0.05) is 24.2 Å². The average Bonchev–Trinajstić information content (AvgIpc) is 3.81. The van der Waals surface area contributed by atoms with Crippen molar-refractivity contribution in [3.8, 4) is 6.01 Å². The number of carbonyl (C=O) groups excluding carboxylic acids is 1. The number of fused-ring (bicyclic) bond motifs is 1. The molecule has 1 saturated carbocycles. The smallest absolute Gasteiger partial charge is 0.419 e. The molecule has 1 amide bonds. The molecule has 4 aliphatic rings. The first-order valence-corrected chi connectivity index (χ1v) is 15.9. The van der Waals surface area contributed by atoms with Gasteiger partial charge in [-0.3, -0.25) is 9.69 Å². The Morgan fingerprint density at radius 3 is 2.65 bits per heavy atom. The summed E-state index contributed by atoms with van der Waals surface area (Å²) in [6.45, 7) is 17.4. The van der Waals surface area contributed by atoms with Gasteiger partial charge in [0.05, 0.1) is 48.3 Å². The Bertz CT molecular complexity index is 1510. The van der Waals surface area contributed by atoms with E-state index in [1.807, 2.05) is 4.90 Å². The van der Waals surface area contributed by atoms with Gasteiger partial charge in [-0.05, 0) is 37.5 Å². The van der Waals surface area contributed by atoms with E-state index in [1.54, 1.807) is 9.80 Å². The molecule has 246 valence electrons. The Morgan fingerprint density at radius 2 is 1.96 bits per heavy atom. The summed E-state index contributed by atoms with van der Waals surface area (Å²) in [6.07, 6.45) is -0.909. The van der Waals surface area contributed by atoms with Gasteiger partial charge in [0.15, 0.2) is 0 Å². The molecule has 1 aromatic heterocycles. The predicted octanol–water partition coefficient (Wildman–Crippen LogP) is 4.33. The lowest BCUT2D eigenvalue weighted by Crippen LogP contribution is -2.56. The lowest BCUT2D eigenvalue weighted by Gasteiger charge is -2.41. The molecule has 0 radical (unpaired) electrons. The van der Waals surface area contributed by atoms with Crippen molar-refractivity contribution in [2.24, 2.45) is 5.41 Å². The molecule has 2 aromatic rings. The van der Waals surface area contributed by atoms with Crippen molar-refractivity contribution >= 4 is 29.0 Å². The molecule has 2 saturated heterocycles. The zero-order valence-corrected chi connectivity index (χ0v) is 26.3. The predicted molar refractivity (Wildman–Crippen MR) is 167 cm³/mol. The van der Waals surface area contributed by atoms with Crippen LogP contribution < -0.4 is 14.5 Å². The second-order valence-corrected chi connectivity index (χ2v) is 12.8.